The number of likely N-dealkylation sites (tertiary alicyclic amines) is 1. The molecule has 1 aromatic carbocycles. The molecule has 0 radical (unpaired) electrons. The zero-order chi connectivity index (χ0) is 23.0. The fourth-order valence-electron chi connectivity index (χ4n) is 4.06. The van der Waals surface area contributed by atoms with Crippen LogP contribution in [0.5, 0.6) is 0 Å². The predicted molar refractivity (Wildman–Crippen MR) is 112 cm³/mol. The van der Waals surface area contributed by atoms with Crippen molar-refractivity contribution in [2.45, 2.75) is 45.5 Å². The van der Waals surface area contributed by atoms with Crippen LogP contribution in [0.3, 0.4) is 0 Å². The van der Waals surface area contributed by atoms with Gasteiger partial charge in [0.15, 0.2) is 11.4 Å². The van der Waals surface area contributed by atoms with Crippen molar-refractivity contribution in [2.24, 2.45) is 5.92 Å². The molecule has 1 aliphatic heterocycles. The Balaban J connectivity index is 1.66. The lowest BCUT2D eigenvalue weighted by atomic mass is 10.0. The molecule has 2 aromatic heterocycles. The summed E-state index contributed by atoms with van der Waals surface area (Å²) in [6.45, 7) is 4.97. The van der Waals surface area contributed by atoms with E-state index in [-0.39, 0.29) is 35.7 Å². The maximum absolute atomic E-state index is 13.4. The molecule has 3 aromatic rings. The van der Waals surface area contributed by atoms with E-state index >= 15 is 0 Å². The first-order valence-electron chi connectivity index (χ1n) is 10.6. The Morgan fingerprint density at radius 1 is 1.16 bits per heavy atom. The molecule has 1 fully saturated rings. The summed E-state index contributed by atoms with van der Waals surface area (Å²) in [5.41, 5.74) is -1.02. The van der Waals surface area contributed by atoms with E-state index in [9.17, 15) is 22.8 Å². The van der Waals surface area contributed by atoms with Crippen LogP contribution in [-0.4, -0.2) is 43.5 Å². The van der Waals surface area contributed by atoms with Crippen molar-refractivity contribution in [1.29, 1.82) is 0 Å². The molecule has 1 saturated heterocycles. The molecule has 1 aliphatic rings. The quantitative estimate of drug-likeness (QED) is 0.611. The number of fused-ring (bicyclic) bond motifs is 1. The number of carbonyl (C=O) groups excluding carboxylic acids is 1. The van der Waals surface area contributed by atoms with Crippen LogP contribution in [0, 0.1) is 5.92 Å². The number of carbonyl (C=O) groups is 1. The Kier molecular flexibility index (Phi) is 5.79. The Morgan fingerprint density at radius 3 is 2.53 bits per heavy atom. The first-order chi connectivity index (χ1) is 15.1. The van der Waals surface area contributed by atoms with Crippen LogP contribution in [0.4, 0.5) is 13.2 Å². The van der Waals surface area contributed by atoms with E-state index < -0.39 is 11.9 Å². The van der Waals surface area contributed by atoms with Gasteiger partial charge in [-0.25, -0.2) is 4.68 Å². The lowest BCUT2D eigenvalue weighted by Gasteiger charge is -2.33. The van der Waals surface area contributed by atoms with Crippen LogP contribution in [0.2, 0.25) is 0 Å². The second-order valence-corrected chi connectivity index (χ2v) is 8.50. The standard InChI is InChI=1S/C22H24F3N5O2/c1-14(2)12-30-20(31)17-8-4-3-7-16(17)19(27-30)21(32)28-10-5-6-15(13-28)29-11-9-18(26-29)22(23,24)25/h3-4,7-9,11,14-15H,5-6,10,12-13H2,1-2H3/t15-/m1/s1. The van der Waals surface area contributed by atoms with Crippen molar-refractivity contribution in [3.8, 4) is 0 Å². The second-order valence-electron chi connectivity index (χ2n) is 8.50. The molecular formula is C22H24F3N5O2. The van der Waals surface area contributed by atoms with E-state index in [4.69, 9.17) is 0 Å². The van der Waals surface area contributed by atoms with Gasteiger partial charge in [-0.2, -0.15) is 23.4 Å². The van der Waals surface area contributed by atoms with Gasteiger partial charge in [0.05, 0.1) is 11.4 Å². The molecule has 7 nitrogen and oxygen atoms in total. The first kappa shape index (κ1) is 22.0. The van der Waals surface area contributed by atoms with Gasteiger partial charge in [0.1, 0.15) is 0 Å². The van der Waals surface area contributed by atoms with Crippen molar-refractivity contribution >= 4 is 16.7 Å². The smallest absolute Gasteiger partial charge is 0.335 e. The number of rotatable bonds is 4. The van der Waals surface area contributed by atoms with Gasteiger partial charge in [0.2, 0.25) is 0 Å². The fraction of sp³-hybridized carbons (Fsp3) is 0.455. The number of benzene rings is 1. The molecule has 10 heteroatoms. The number of hydrogen-bond acceptors (Lipinski definition) is 4. The molecule has 0 aliphatic carbocycles. The summed E-state index contributed by atoms with van der Waals surface area (Å²) in [7, 11) is 0. The molecule has 0 N–H and O–H groups in total. The molecule has 32 heavy (non-hydrogen) atoms. The zero-order valence-corrected chi connectivity index (χ0v) is 17.8. The summed E-state index contributed by atoms with van der Waals surface area (Å²) in [6, 6.07) is 7.43. The Morgan fingerprint density at radius 2 is 1.88 bits per heavy atom. The molecule has 0 bridgehead atoms. The molecule has 1 amide bonds. The van der Waals surface area contributed by atoms with Gasteiger partial charge in [-0.05, 0) is 30.9 Å². The minimum Gasteiger partial charge on any atom is -0.335 e. The average Bonchev–Trinajstić information content (AvgIpc) is 3.26. The van der Waals surface area contributed by atoms with Crippen LogP contribution in [-0.2, 0) is 12.7 Å². The molecule has 0 unspecified atom stereocenters. The first-order valence-corrected chi connectivity index (χ1v) is 10.6. The van der Waals surface area contributed by atoms with Crippen LogP contribution in [0.25, 0.3) is 10.8 Å². The number of amides is 1. The summed E-state index contributed by atoms with van der Waals surface area (Å²) in [5, 5.41) is 8.96. The van der Waals surface area contributed by atoms with E-state index in [1.165, 1.54) is 15.6 Å². The lowest BCUT2D eigenvalue weighted by molar-refractivity contribution is -0.141. The van der Waals surface area contributed by atoms with E-state index in [0.29, 0.717) is 36.7 Å². The Bertz CT molecular complexity index is 1200. The number of alkyl halides is 3. The van der Waals surface area contributed by atoms with Crippen LogP contribution >= 0.6 is 0 Å². The Hall–Kier alpha value is -3.17. The minimum absolute atomic E-state index is 0.159. The molecule has 4 rings (SSSR count). The average molecular weight is 447 g/mol. The summed E-state index contributed by atoms with van der Waals surface area (Å²) in [6.07, 6.45) is -1.97. The van der Waals surface area contributed by atoms with Gasteiger partial charge in [-0.3, -0.25) is 14.3 Å². The molecular weight excluding hydrogens is 423 g/mol. The number of piperidine rings is 1. The van der Waals surface area contributed by atoms with Crippen LogP contribution < -0.4 is 5.56 Å². The highest BCUT2D eigenvalue weighted by atomic mass is 19.4. The maximum atomic E-state index is 13.4. The molecule has 170 valence electrons. The summed E-state index contributed by atoms with van der Waals surface area (Å²) in [4.78, 5) is 27.8. The van der Waals surface area contributed by atoms with Gasteiger partial charge in [-0.1, -0.05) is 32.0 Å². The normalized spacial score (nSPS) is 17.3. The highest BCUT2D eigenvalue weighted by Gasteiger charge is 2.35. The molecule has 3 heterocycles. The van der Waals surface area contributed by atoms with Crippen molar-refractivity contribution < 1.29 is 18.0 Å². The number of nitrogens with zero attached hydrogens (tertiary/aromatic N) is 5. The maximum Gasteiger partial charge on any atom is 0.435 e. The topological polar surface area (TPSA) is 73.0 Å². The molecule has 0 spiro atoms. The number of aromatic nitrogens is 4. The van der Waals surface area contributed by atoms with E-state index in [1.54, 1.807) is 29.2 Å². The third-order valence-electron chi connectivity index (χ3n) is 5.57. The summed E-state index contributed by atoms with van der Waals surface area (Å²) >= 11 is 0. The number of halogens is 3. The van der Waals surface area contributed by atoms with Crippen molar-refractivity contribution in [2.75, 3.05) is 13.1 Å². The van der Waals surface area contributed by atoms with E-state index in [2.05, 4.69) is 10.2 Å². The van der Waals surface area contributed by atoms with Crippen molar-refractivity contribution in [3.05, 3.63) is 58.3 Å². The summed E-state index contributed by atoms with van der Waals surface area (Å²) < 4.78 is 41.4. The van der Waals surface area contributed by atoms with Gasteiger partial charge in [0, 0.05) is 31.2 Å². The zero-order valence-electron chi connectivity index (χ0n) is 17.8. The van der Waals surface area contributed by atoms with Crippen molar-refractivity contribution in [1.82, 2.24) is 24.5 Å². The highest BCUT2D eigenvalue weighted by Crippen LogP contribution is 2.29. The fourth-order valence-corrected chi connectivity index (χ4v) is 4.06. The van der Waals surface area contributed by atoms with Crippen LogP contribution in [0.15, 0.2) is 41.3 Å². The third-order valence-corrected chi connectivity index (χ3v) is 5.57. The SMILES string of the molecule is CC(C)Cn1nc(C(=O)N2CCC[C@@H](n3ccc(C(F)(F)F)n3)C2)c2ccccc2c1=O. The van der Waals surface area contributed by atoms with Crippen molar-refractivity contribution in [3.63, 3.8) is 0 Å². The lowest BCUT2D eigenvalue weighted by Crippen LogP contribution is -2.42. The predicted octanol–water partition coefficient (Wildman–Crippen LogP) is 3.75. The van der Waals surface area contributed by atoms with Gasteiger partial charge < -0.3 is 4.90 Å². The third kappa shape index (κ3) is 4.26. The number of hydrogen-bond donors (Lipinski definition) is 0. The molecule has 0 saturated carbocycles. The second kappa shape index (κ2) is 8.40. The minimum atomic E-state index is -4.51. The van der Waals surface area contributed by atoms with Crippen LogP contribution in [0.1, 0.15) is 48.9 Å². The monoisotopic (exact) mass is 447 g/mol. The molecule has 1 atom stereocenters. The van der Waals surface area contributed by atoms with Gasteiger partial charge in [0.25, 0.3) is 11.5 Å². The largest absolute Gasteiger partial charge is 0.435 e. The summed E-state index contributed by atoms with van der Waals surface area (Å²) in [5.74, 6) is -0.182. The van der Waals surface area contributed by atoms with E-state index in [1.807, 2.05) is 13.8 Å². The van der Waals surface area contributed by atoms with Gasteiger partial charge >= 0.3 is 6.18 Å². The Labute approximate surface area is 182 Å². The highest BCUT2D eigenvalue weighted by molar-refractivity contribution is 6.04. The van der Waals surface area contributed by atoms with Gasteiger partial charge in [-0.15, -0.1) is 0 Å². The van der Waals surface area contributed by atoms with E-state index in [0.717, 1.165) is 6.07 Å².